The fourth-order valence-corrected chi connectivity index (χ4v) is 5.44. The number of carbonyl (C=O) groups excluding carboxylic acids is 2. The van der Waals surface area contributed by atoms with Gasteiger partial charge in [0.2, 0.25) is 5.24 Å². The Bertz CT molecular complexity index is 1230. The molecule has 0 amide bonds. The molecule has 2 atom stereocenters. The zero-order valence-corrected chi connectivity index (χ0v) is 23.3. The molecular weight excluding hydrogens is 524 g/mol. The molecule has 2 aromatic carbocycles. The van der Waals surface area contributed by atoms with Crippen molar-refractivity contribution in [2.45, 2.75) is 51.6 Å². The molecule has 0 spiro atoms. The highest BCUT2D eigenvalue weighted by molar-refractivity contribution is 8.00. The number of aliphatic carboxylic acids is 1. The third-order valence-corrected chi connectivity index (χ3v) is 7.49. The van der Waals surface area contributed by atoms with Crippen LogP contribution in [0.25, 0.3) is 6.08 Å². The number of carbonyl (C=O) groups is 3. The van der Waals surface area contributed by atoms with E-state index >= 15 is 0 Å². The fourth-order valence-electron chi connectivity index (χ4n) is 4.09. The lowest BCUT2D eigenvalue weighted by Crippen LogP contribution is -2.53. The smallest absolute Gasteiger partial charge is 0.352 e. The molecule has 2 unspecified atom stereocenters. The lowest BCUT2D eigenvalue weighted by Gasteiger charge is -2.32. The van der Waals surface area contributed by atoms with Gasteiger partial charge in [0.05, 0.1) is 12.0 Å². The average Bonchev–Trinajstić information content (AvgIpc) is 2.89. The van der Waals surface area contributed by atoms with Crippen LogP contribution >= 0.6 is 23.4 Å². The molecule has 0 aliphatic carbocycles. The highest BCUT2D eigenvalue weighted by Crippen LogP contribution is 2.28. The summed E-state index contributed by atoms with van der Waals surface area (Å²) in [6.07, 6.45) is 4.43. The summed E-state index contributed by atoms with van der Waals surface area (Å²) in [5.74, 6) is -1.14. The predicted octanol–water partition coefficient (Wildman–Crippen LogP) is 4.74. The van der Waals surface area contributed by atoms with Crippen LogP contribution in [-0.2, 0) is 32.1 Å². The summed E-state index contributed by atoms with van der Waals surface area (Å²) in [6, 6.07) is 12.8. The summed E-state index contributed by atoms with van der Waals surface area (Å²) in [5.41, 5.74) is 5.32. The van der Waals surface area contributed by atoms with Gasteiger partial charge in [0.15, 0.2) is 0 Å². The second-order valence-electron chi connectivity index (χ2n) is 9.09. The molecule has 0 aromatic heterocycles. The molecule has 2 aromatic rings. The van der Waals surface area contributed by atoms with Gasteiger partial charge >= 0.3 is 11.9 Å². The number of benzene rings is 2. The van der Waals surface area contributed by atoms with E-state index in [9.17, 15) is 19.5 Å². The van der Waals surface area contributed by atoms with Crippen LogP contribution in [0.3, 0.4) is 0 Å². The van der Waals surface area contributed by atoms with Crippen molar-refractivity contribution in [2.75, 3.05) is 12.4 Å². The number of esters is 1. The van der Waals surface area contributed by atoms with Crippen LogP contribution in [0, 0.1) is 13.8 Å². The van der Waals surface area contributed by atoms with Gasteiger partial charge in [-0.1, -0.05) is 61.5 Å². The van der Waals surface area contributed by atoms with E-state index in [1.807, 2.05) is 69.3 Å². The van der Waals surface area contributed by atoms with Crippen molar-refractivity contribution < 1.29 is 24.2 Å². The number of rotatable bonds is 12. The Morgan fingerprint density at radius 3 is 2.58 bits per heavy atom. The summed E-state index contributed by atoms with van der Waals surface area (Å²) < 4.78 is 5.42. The molecule has 0 saturated heterocycles. The van der Waals surface area contributed by atoms with E-state index in [0.29, 0.717) is 30.9 Å². The molecule has 0 saturated carbocycles. The lowest BCUT2D eigenvalue weighted by molar-refractivity contribution is -0.146. The van der Waals surface area contributed by atoms with Crippen molar-refractivity contribution in [1.82, 2.24) is 10.6 Å². The number of nitrogens with one attached hydrogen (secondary N) is 2. The molecule has 3 rings (SSSR count). The Morgan fingerprint density at radius 1 is 1.18 bits per heavy atom. The third-order valence-electron chi connectivity index (χ3n) is 6.13. The fraction of sp³-hybridized carbons (Fsp3) is 0.345. The number of hydrogen-bond donors (Lipinski definition) is 3. The van der Waals surface area contributed by atoms with Crippen LogP contribution in [0.4, 0.5) is 0 Å². The zero-order valence-electron chi connectivity index (χ0n) is 21.8. The molecule has 38 heavy (non-hydrogen) atoms. The Labute approximate surface area is 232 Å². The van der Waals surface area contributed by atoms with E-state index < -0.39 is 28.6 Å². The van der Waals surface area contributed by atoms with Crippen molar-refractivity contribution in [2.24, 2.45) is 0 Å². The van der Waals surface area contributed by atoms with Crippen LogP contribution in [0.5, 0.6) is 0 Å². The molecule has 9 heteroatoms. The van der Waals surface area contributed by atoms with Gasteiger partial charge in [-0.05, 0) is 65.3 Å². The molecule has 0 radical (unpaired) electrons. The number of halogens is 1. The normalized spacial score (nSPS) is 16.3. The Kier molecular flexibility index (Phi) is 11.0. The SMILES string of the molecule is CCCOC(=O)C(NCc1ccccc1)C1NC(C(=O)O)=C(/C=C/c2cc(CC(=O)Cl)c(C)cc2C)CS1. The maximum absolute atomic E-state index is 12.9. The van der Waals surface area contributed by atoms with E-state index in [2.05, 4.69) is 10.6 Å². The first kappa shape index (κ1) is 29.5. The lowest BCUT2D eigenvalue weighted by atomic mass is 9.97. The topological polar surface area (TPSA) is 105 Å². The maximum Gasteiger partial charge on any atom is 0.352 e. The largest absolute Gasteiger partial charge is 0.477 e. The van der Waals surface area contributed by atoms with Crippen molar-refractivity contribution >= 4 is 46.6 Å². The van der Waals surface area contributed by atoms with Gasteiger partial charge in [0, 0.05) is 18.7 Å². The van der Waals surface area contributed by atoms with E-state index in [-0.39, 0.29) is 12.1 Å². The molecule has 1 aliphatic rings. The van der Waals surface area contributed by atoms with Gasteiger partial charge in [-0.3, -0.25) is 14.9 Å². The second-order valence-corrected chi connectivity index (χ2v) is 10.6. The minimum Gasteiger partial charge on any atom is -0.477 e. The molecule has 0 bridgehead atoms. The number of carboxylic acids is 1. The van der Waals surface area contributed by atoms with Crippen LogP contribution in [-0.4, -0.2) is 46.1 Å². The van der Waals surface area contributed by atoms with E-state index in [0.717, 1.165) is 27.8 Å². The molecule has 3 N–H and O–H groups in total. The predicted molar refractivity (Wildman–Crippen MR) is 152 cm³/mol. The molecule has 1 heterocycles. The first-order valence-corrected chi connectivity index (χ1v) is 13.9. The van der Waals surface area contributed by atoms with Crippen LogP contribution in [0.2, 0.25) is 0 Å². The number of thioether (sulfide) groups is 1. The summed E-state index contributed by atoms with van der Waals surface area (Å²) in [5, 5.41) is 15.3. The van der Waals surface area contributed by atoms with Crippen molar-refractivity contribution in [3.05, 3.63) is 87.6 Å². The summed E-state index contributed by atoms with van der Waals surface area (Å²) in [4.78, 5) is 36.5. The minimum atomic E-state index is -1.10. The molecule has 0 fully saturated rings. The van der Waals surface area contributed by atoms with Gasteiger partial charge in [-0.25, -0.2) is 4.79 Å². The second kappa shape index (κ2) is 14.2. The standard InChI is InChI=1S/C29H33ClN2O5S/c1-4-12-37-29(36)26(31-16-20-8-6-5-7-9-20)27-32-25(28(34)35)22(17-38-27)11-10-21-14-23(15-24(30)33)19(3)13-18(21)2/h5-11,13-14,26-27,31-32H,4,12,15-17H2,1-3H3,(H,34,35)/b11-10+. The van der Waals surface area contributed by atoms with Gasteiger partial charge in [-0.15, -0.1) is 11.8 Å². The number of carboxylic acid groups (broad SMARTS) is 1. The maximum atomic E-state index is 12.9. The number of hydrogen-bond acceptors (Lipinski definition) is 7. The average molecular weight is 557 g/mol. The Morgan fingerprint density at radius 2 is 1.92 bits per heavy atom. The highest BCUT2D eigenvalue weighted by Gasteiger charge is 2.34. The summed E-state index contributed by atoms with van der Waals surface area (Å²) in [6.45, 7) is 6.53. The number of aryl methyl sites for hydroxylation is 2. The van der Waals surface area contributed by atoms with Crippen molar-refractivity contribution in [3.8, 4) is 0 Å². The van der Waals surface area contributed by atoms with E-state index in [1.54, 1.807) is 6.08 Å². The van der Waals surface area contributed by atoms with Crippen LogP contribution in [0.1, 0.15) is 41.2 Å². The zero-order chi connectivity index (χ0) is 27.7. The summed E-state index contributed by atoms with van der Waals surface area (Å²) in [7, 11) is 0. The Hall–Kier alpha value is -3.07. The highest BCUT2D eigenvalue weighted by atomic mass is 35.5. The number of ether oxygens (including phenoxy) is 1. The molecule has 202 valence electrons. The summed E-state index contributed by atoms with van der Waals surface area (Å²) >= 11 is 7.04. The van der Waals surface area contributed by atoms with Crippen molar-refractivity contribution in [1.29, 1.82) is 0 Å². The first-order valence-electron chi connectivity index (χ1n) is 12.4. The van der Waals surface area contributed by atoms with Gasteiger partial charge in [0.1, 0.15) is 11.7 Å². The van der Waals surface area contributed by atoms with Gasteiger partial charge in [-0.2, -0.15) is 0 Å². The molecule has 7 nitrogen and oxygen atoms in total. The van der Waals surface area contributed by atoms with E-state index in [4.69, 9.17) is 16.3 Å². The number of allylic oxidation sites excluding steroid dienone is 1. The van der Waals surface area contributed by atoms with Gasteiger partial charge in [0.25, 0.3) is 0 Å². The van der Waals surface area contributed by atoms with Crippen LogP contribution in [0.15, 0.2) is 59.8 Å². The third kappa shape index (κ3) is 8.21. The van der Waals surface area contributed by atoms with Crippen LogP contribution < -0.4 is 10.6 Å². The monoisotopic (exact) mass is 556 g/mol. The molecular formula is C29H33ClN2O5S. The Balaban J connectivity index is 1.84. The van der Waals surface area contributed by atoms with Crippen molar-refractivity contribution in [3.63, 3.8) is 0 Å². The minimum absolute atomic E-state index is 0.0423. The quantitative estimate of drug-likeness (QED) is 0.254. The first-order chi connectivity index (χ1) is 18.2. The van der Waals surface area contributed by atoms with Gasteiger partial charge < -0.3 is 15.2 Å². The van der Waals surface area contributed by atoms with E-state index in [1.165, 1.54) is 11.8 Å². The molecule has 1 aliphatic heterocycles.